The summed E-state index contributed by atoms with van der Waals surface area (Å²) in [4.78, 5) is 12.3. The molecule has 2 aromatic heterocycles. The SMILES string of the molecule is CCN(CCN(C)C)c1ccc(Nc2ncc(C(F)(F)F)c(-c3cn(C)c4c(F)cccc34)n2)cc1N. The monoisotopic (exact) mass is 515 g/mol. The van der Waals surface area contributed by atoms with Gasteiger partial charge in [-0.1, -0.05) is 12.1 Å². The number of likely N-dealkylation sites (N-methyl/N-ethyl adjacent to an activating group) is 2. The van der Waals surface area contributed by atoms with Gasteiger partial charge in [0, 0.05) is 55.7 Å². The van der Waals surface area contributed by atoms with Gasteiger partial charge in [-0.05, 0) is 45.3 Å². The van der Waals surface area contributed by atoms with E-state index in [2.05, 4.69) is 25.1 Å². The maximum absolute atomic E-state index is 14.4. The first-order chi connectivity index (χ1) is 17.5. The number of hydrogen-bond donors (Lipinski definition) is 2. The number of benzene rings is 2. The molecule has 0 unspecified atom stereocenters. The maximum Gasteiger partial charge on any atom is 0.419 e. The fourth-order valence-corrected chi connectivity index (χ4v) is 4.28. The maximum atomic E-state index is 14.4. The molecule has 0 aliphatic rings. The summed E-state index contributed by atoms with van der Waals surface area (Å²) in [5, 5.41) is 3.28. The third kappa shape index (κ3) is 5.46. The van der Waals surface area contributed by atoms with Crippen LogP contribution in [0.25, 0.3) is 22.2 Å². The number of nitrogen functional groups attached to an aromatic ring is 1. The van der Waals surface area contributed by atoms with Gasteiger partial charge in [-0.3, -0.25) is 0 Å². The van der Waals surface area contributed by atoms with Gasteiger partial charge in [0.05, 0.1) is 22.6 Å². The summed E-state index contributed by atoms with van der Waals surface area (Å²) < 4.78 is 57.5. The molecule has 0 bridgehead atoms. The summed E-state index contributed by atoms with van der Waals surface area (Å²) in [5.74, 6) is -0.571. The van der Waals surface area contributed by atoms with Crippen LogP contribution in [0.15, 0.2) is 48.8 Å². The second-order valence-corrected chi connectivity index (χ2v) is 9.02. The van der Waals surface area contributed by atoms with Gasteiger partial charge in [-0.25, -0.2) is 14.4 Å². The average Bonchev–Trinajstić information content (AvgIpc) is 3.17. The Morgan fingerprint density at radius 1 is 1.11 bits per heavy atom. The van der Waals surface area contributed by atoms with E-state index < -0.39 is 17.6 Å². The number of rotatable bonds is 8. The molecule has 0 saturated heterocycles. The number of halogens is 4. The highest BCUT2D eigenvalue weighted by molar-refractivity contribution is 5.96. The Morgan fingerprint density at radius 2 is 1.86 bits per heavy atom. The van der Waals surface area contributed by atoms with E-state index in [1.165, 1.54) is 22.9 Å². The van der Waals surface area contributed by atoms with Gasteiger partial charge < -0.3 is 25.4 Å². The Labute approximate surface area is 212 Å². The zero-order chi connectivity index (χ0) is 26.9. The molecule has 2 aromatic carbocycles. The van der Waals surface area contributed by atoms with Crippen LogP contribution in [-0.2, 0) is 13.2 Å². The number of nitrogens with zero attached hydrogens (tertiary/aromatic N) is 5. The molecule has 37 heavy (non-hydrogen) atoms. The molecular formula is C26H29F4N7. The van der Waals surface area contributed by atoms with Gasteiger partial charge in [0.15, 0.2) is 0 Å². The lowest BCUT2D eigenvalue weighted by Gasteiger charge is -2.26. The summed E-state index contributed by atoms with van der Waals surface area (Å²) in [6, 6.07) is 9.61. The van der Waals surface area contributed by atoms with E-state index in [1.54, 1.807) is 25.2 Å². The highest BCUT2D eigenvalue weighted by Crippen LogP contribution is 2.40. The van der Waals surface area contributed by atoms with Crippen molar-refractivity contribution in [1.29, 1.82) is 0 Å². The van der Waals surface area contributed by atoms with Gasteiger partial charge in [0.25, 0.3) is 0 Å². The van der Waals surface area contributed by atoms with Crippen molar-refractivity contribution in [2.45, 2.75) is 13.1 Å². The molecule has 0 atom stereocenters. The predicted octanol–water partition coefficient (Wildman–Crippen LogP) is 5.51. The van der Waals surface area contributed by atoms with E-state index in [1.807, 2.05) is 27.1 Å². The zero-order valence-electron chi connectivity index (χ0n) is 21.1. The molecule has 0 radical (unpaired) electrons. The summed E-state index contributed by atoms with van der Waals surface area (Å²) in [6.07, 6.45) is -2.53. The van der Waals surface area contributed by atoms with Crippen molar-refractivity contribution in [2.24, 2.45) is 7.05 Å². The molecule has 4 aromatic rings. The summed E-state index contributed by atoms with van der Waals surface area (Å²) in [7, 11) is 5.57. The quantitative estimate of drug-likeness (QED) is 0.238. The second-order valence-electron chi connectivity index (χ2n) is 9.02. The van der Waals surface area contributed by atoms with Crippen LogP contribution in [0, 0.1) is 5.82 Å². The molecule has 0 spiro atoms. The number of hydrogen-bond acceptors (Lipinski definition) is 6. The van der Waals surface area contributed by atoms with Crippen LogP contribution < -0.4 is 16.0 Å². The van der Waals surface area contributed by atoms with Crippen molar-refractivity contribution < 1.29 is 17.6 Å². The van der Waals surface area contributed by atoms with Crippen LogP contribution >= 0.6 is 0 Å². The number of fused-ring (bicyclic) bond motifs is 1. The topological polar surface area (TPSA) is 75.2 Å². The molecule has 2 heterocycles. The van der Waals surface area contributed by atoms with Gasteiger partial charge >= 0.3 is 6.18 Å². The molecule has 196 valence electrons. The first-order valence-corrected chi connectivity index (χ1v) is 11.7. The fourth-order valence-electron chi connectivity index (χ4n) is 4.28. The van der Waals surface area contributed by atoms with E-state index in [-0.39, 0.29) is 22.7 Å². The van der Waals surface area contributed by atoms with Crippen LogP contribution in [0.2, 0.25) is 0 Å². The van der Waals surface area contributed by atoms with Crippen molar-refractivity contribution in [2.75, 3.05) is 49.7 Å². The number of alkyl halides is 3. The molecule has 7 nitrogen and oxygen atoms in total. The minimum Gasteiger partial charge on any atom is -0.397 e. The molecule has 0 saturated carbocycles. The summed E-state index contributed by atoms with van der Waals surface area (Å²) >= 11 is 0. The van der Waals surface area contributed by atoms with Gasteiger partial charge in [0.1, 0.15) is 11.4 Å². The second kappa shape index (κ2) is 10.3. The number of aromatic nitrogens is 3. The Balaban J connectivity index is 1.71. The van der Waals surface area contributed by atoms with Crippen LogP contribution in [0.3, 0.4) is 0 Å². The van der Waals surface area contributed by atoms with E-state index in [0.29, 0.717) is 16.8 Å². The van der Waals surface area contributed by atoms with Crippen molar-refractivity contribution in [3.05, 3.63) is 60.2 Å². The third-order valence-electron chi connectivity index (χ3n) is 6.12. The van der Waals surface area contributed by atoms with Crippen LogP contribution in [0.4, 0.5) is 40.6 Å². The molecule has 0 fully saturated rings. The standard InChI is InChI=1S/C26H29F4N7/c1-5-37(12-11-35(2)3)22-10-9-16(13-21(22)31)33-25-32-14-19(26(28,29)30)23(34-25)18-15-36(4)24-17(18)7-6-8-20(24)27/h6-10,13-15H,5,11-12,31H2,1-4H3,(H,32,33,34). The molecule has 0 aliphatic carbocycles. The van der Waals surface area contributed by atoms with Crippen molar-refractivity contribution >= 4 is 33.9 Å². The molecule has 0 aliphatic heterocycles. The highest BCUT2D eigenvalue weighted by atomic mass is 19.4. The molecule has 4 rings (SSSR count). The van der Waals surface area contributed by atoms with E-state index in [0.717, 1.165) is 31.5 Å². The van der Waals surface area contributed by atoms with E-state index in [4.69, 9.17) is 5.73 Å². The first kappa shape index (κ1) is 26.2. The largest absolute Gasteiger partial charge is 0.419 e. The number of aryl methyl sites for hydroxylation is 1. The van der Waals surface area contributed by atoms with Crippen LogP contribution in [-0.4, -0.2) is 53.2 Å². The summed E-state index contributed by atoms with van der Waals surface area (Å²) in [6.45, 7) is 4.45. The predicted molar refractivity (Wildman–Crippen MR) is 139 cm³/mol. The molecule has 0 amide bonds. The lowest BCUT2D eigenvalue weighted by Crippen LogP contribution is -2.32. The van der Waals surface area contributed by atoms with E-state index >= 15 is 0 Å². The first-order valence-electron chi connectivity index (χ1n) is 11.7. The lowest BCUT2D eigenvalue weighted by molar-refractivity contribution is -0.137. The fraction of sp³-hybridized carbons (Fsp3) is 0.308. The number of anilines is 4. The van der Waals surface area contributed by atoms with Crippen molar-refractivity contribution in [1.82, 2.24) is 19.4 Å². The Morgan fingerprint density at radius 3 is 2.51 bits per heavy atom. The Hall–Kier alpha value is -3.86. The average molecular weight is 516 g/mol. The van der Waals surface area contributed by atoms with Crippen LogP contribution in [0.1, 0.15) is 12.5 Å². The number of para-hydroxylation sites is 1. The molecular weight excluding hydrogens is 486 g/mol. The van der Waals surface area contributed by atoms with Crippen molar-refractivity contribution in [3.8, 4) is 11.3 Å². The van der Waals surface area contributed by atoms with Gasteiger partial charge in [-0.15, -0.1) is 0 Å². The number of nitrogens with one attached hydrogen (secondary N) is 1. The van der Waals surface area contributed by atoms with Gasteiger partial charge in [0.2, 0.25) is 5.95 Å². The van der Waals surface area contributed by atoms with Crippen molar-refractivity contribution in [3.63, 3.8) is 0 Å². The Kier molecular flexibility index (Phi) is 7.26. The molecule has 11 heteroatoms. The summed E-state index contributed by atoms with van der Waals surface area (Å²) in [5.41, 5.74) is 7.22. The number of nitrogens with two attached hydrogens (primary N) is 1. The minimum absolute atomic E-state index is 0.0384. The van der Waals surface area contributed by atoms with Crippen LogP contribution in [0.5, 0.6) is 0 Å². The smallest absolute Gasteiger partial charge is 0.397 e. The Bertz CT molecular complexity index is 1410. The van der Waals surface area contributed by atoms with E-state index in [9.17, 15) is 17.6 Å². The normalized spacial score (nSPS) is 11.9. The minimum atomic E-state index is -4.70. The lowest BCUT2D eigenvalue weighted by atomic mass is 10.1. The third-order valence-corrected chi connectivity index (χ3v) is 6.12. The zero-order valence-corrected chi connectivity index (χ0v) is 21.1. The molecule has 3 N–H and O–H groups in total. The van der Waals surface area contributed by atoms with Gasteiger partial charge in [-0.2, -0.15) is 13.2 Å². The highest BCUT2D eigenvalue weighted by Gasteiger charge is 2.36.